The number of fused-ring (bicyclic) bond motifs is 1. The van der Waals surface area contributed by atoms with Crippen LogP contribution in [-0.4, -0.2) is 30.1 Å². The molecule has 0 saturated carbocycles. The number of amides is 1. The minimum absolute atomic E-state index is 0.108. The van der Waals surface area contributed by atoms with Gasteiger partial charge < -0.3 is 9.47 Å². The third-order valence-electron chi connectivity index (χ3n) is 4.81. The molecule has 0 bridgehead atoms. The average molecular weight is 510 g/mol. The van der Waals surface area contributed by atoms with Crippen LogP contribution in [0.3, 0.4) is 0 Å². The van der Waals surface area contributed by atoms with E-state index in [1.807, 2.05) is 0 Å². The van der Waals surface area contributed by atoms with E-state index >= 15 is 0 Å². The second kappa shape index (κ2) is 10.3. The number of nitrogens with zero attached hydrogens (tertiary/aromatic N) is 2. The molecule has 0 saturated heterocycles. The molecular weight excluding hydrogens is 494 g/mol. The standard InChI is InChI=1S/C24H16ClN3O6S/c1-33-18-9-10-19-20(12-18)35-22(21(19)25)24(30)34-17-7-5-14(6-8-17)13-26-27-23(29)15-3-2-4-16(11-15)28(31)32/h2-13H,1H3,(H,27,29). The lowest BCUT2D eigenvalue weighted by atomic mass is 10.2. The number of benzene rings is 3. The van der Waals surface area contributed by atoms with Crippen LogP contribution in [0.2, 0.25) is 5.02 Å². The van der Waals surface area contributed by atoms with Crippen molar-refractivity contribution < 1.29 is 24.0 Å². The highest BCUT2D eigenvalue weighted by molar-refractivity contribution is 7.21. The monoisotopic (exact) mass is 509 g/mol. The fraction of sp³-hybridized carbons (Fsp3) is 0.0417. The van der Waals surface area contributed by atoms with E-state index in [1.54, 1.807) is 49.6 Å². The molecule has 4 aromatic rings. The second-order valence-corrected chi connectivity index (χ2v) is 8.50. The van der Waals surface area contributed by atoms with Gasteiger partial charge in [0.15, 0.2) is 0 Å². The summed E-state index contributed by atoms with van der Waals surface area (Å²) >= 11 is 7.59. The number of ether oxygens (including phenoxy) is 2. The molecule has 0 unspecified atom stereocenters. The van der Waals surface area contributed by atoms with Crippen molar-refractivity contribution in [2.24, 2.45) is 5.10 Å². The van der Waals surface area contributed by atoms with Crippen molar-refractivity contribution in [3.05, 3.63) is 97.9 Å². The fourth-order valence-electron chi connectivity index (χ4n) is 3.07. The summed E-state index contributed by atoms with van der Waals surface area (Å²) < 4.78 is 11.5. The quantitative estimate of drug-likeness (QED) is 0.116. The molecule has 1 heterocycles. The van der Waals surface area contributed by atoms with Crippen LogP contribution in [0.4, 0.5) is 5.69 Å². The smallest absolute Gasteiger partial charge is 0.355 e. The molecule has 3 aromatic carbocycles. The van der Waals surface area contributed by atoms with Crippen molar-refractivity contribution in [3.8, 4) is 11.5 Å². The normalized spacial score (nSPS) is 10.9. The number of methoxy groups -OCH3 is 1. The number of carbonyl (C=O) groups is 2. The predicted octanol–water partition coefficient (Wildman–Crippen LogP) is 5.45. The minimum Gasteiger partial charge on any atom is -0.497 e. The number of nitro benzene ring substituents is 1. The average Bonchev–Trinajstić information content (AvgIpc) is 3.20. The molecular formula is C24H16ClN3O6S. The number of thiophene rings is 1. The van der Waals surface area contributed by atoms with Gasteiger partial charge in [-0.2, -0.15) is 5.10 Å². The molecule has 0 atom stereocenters. The Morgan fingerprint density at radius 3 is 2.54 bits per heavy atom. The highest BCUT2D eigenvalue weighted by Gasteiger charge is 2.19. The third-order valence-corrected chi connectivity index (χ3v) is 6.45. The summed E-state index contributed by atoms with van der Waals surface area (Å²) in [6, 6.07) is 17.1. The summed E-state index contributed by atoms with van der Waals surface area (Å²) in [5.74, 6) is -0.207. The van der Waals surface area contributed by atoms with Gasteiger partial charge >= 0.3 is 5.97 Å². The Morgan fingerprint density at radius 1 is 1.09 bits per heavy atom. The van der Waals surface area contributed by atoms with Crippen molar-refractivity contribution in [3.63, 3.8) is 0 Å². The SMILES string of the molecule is COc1ccc2c(Cl)c(C(=O)Oc3ccc(C=NNC(=O)c4cccc([N+](=O)[O-])c4)cc3)sc2c1. The summed E-state index contributed by atoms with van der Waals surface area (Å²) in [4.78, 5) is 35.3. The van der Waals surface area contributed by atoms with Crippen LogP contribution in [0.1, 0.15) is 25.6 Å². The number of esters is 1. The molecule has 35 heavy (non-hydrogen) atoms. The van der Waals surface area contributed by atoms with Gasteiger partial charge in [0.1, 0.15) is 16.4 Å². The van der Waals surface area contributed by atoms with E-state index < -0.39 is 16.8 Å². The van der Waals surface area contributed by atoms with E-state index in [1.165, 1.54) is 35.8 Å². The van der Waals surface area contributed by atoms with E-state index in [9.17, 15) is 19.7 Å². The first-order valence-corrected chi connectivity index (χ1v) is 11.2. The molecule has 0 fully saturated rings. The highest BCUT2D eigenvalue weighted by Crippen LogP contribution is 2.37. The fourth-order valence-corrected chi connectivity index (χ4v) is 4.48. The maximum Gasteiger partial charge on any atom is 0.355 e. The Kier molecular flexibility index (Phi) is 7.04. The van der Waals surface area contributed by atoms with Crippen molar-refractivity contribution >= 4 is 56.8 Å². The van der Waals surface area contributed by atoms with Gasteiger partial charge in [-0.25, -0.2) is 10.2 Å². The van der Waals surface area contributed by atoms with E-state index in [0.717, 1.165) is 16.2 Å². The molecule has 176 valence electrons. The molecule has 0 aliphatic rings. The number of nitrogens with one attached hydrogen (secondary N) is 1. The minimum atomic E-state index is -0.590. The Morgan fingerprint density at radius 2 is 1.83 bits per heavy atom. The van der Waals surface area contributed by atoms with E-state index in [4.69, 9.17) is 21.1 Å². The lowest BCUT2D eigenvalue weighted by molar-refractivity contribution is -0.384. The van der Waals surface area contributed by atoms with E-state index in [-0.39, 0.29) is 16.1 Å². The number of rotatable bonds is 7. The van der Waals surface area contributed by atoms with Crippen LogP contribution < -0.4 is 14.9 Å². The Balaban J connectivity index is 1.39. The van der Waals surface area contributed by atoms with Gasteiger partial charge in [0, 0.05) is 27.8 Å². The van der Waals surface area contributed by atoms with Crippen LogP contribution in [0.15, 0.2) is 71.8 Å². The number of hydrazone groups is 1. The Hall–Kier alpha value is -4.28. The van der Waals surface area contributed by atoms with Crippen molar-refractivity contribution in [1.82, 2.24) is 5.43 Å². The second-order valence-electron chi connectivity index (χ2n) is 7.07. The van der Waals surface area contributed by atoms with Gasteiger partial charge in [0.05, 0.1) is 23.3 Å². The van der Waals surface area contributed by atoms with Crippen LogP contribution in [-0.2, 0) is 0 Å². The van der Waals surface area contributed by atoms with Crippen molar-refractivity contribution in [1.29, 1.82) is 0 Å². The zero-order valence-electron chi connectivity index (χ0n) is 18.1. The van der Waals surface area contributed by atoms with Crippen molar-refractivity contribution in [2.75, 3.05) is 7.11 Å². The van der Waals surface area contributed by atoms with Gasteiger partial charge in [-0.15, -0.1) is 11.3 Å². The Labute approximate surface area is 207 Å². The lowest BCUT2D eigenvalue weighted by Gasteiger charge is -2.03. The summed E-state index contributed by atoms with van der Waals surface area (Å²) in [6.45, 7) is 0. The summed E-state index contributed by atoms with van der Waals surface area (Å²) in [7, 11) is 1.56. The number of non-ortho nitro benzene ring substituents is 1. The molecule has 1 amide bonds. The number of carbonyl (C=O) groups excluding carboxylic acids is 2. The molecule has 4 rings (SSSR count). The van der Waals surface area contributed by atoms with Gasteiger partial charge in [0.2, 0.25) is 0 Å². The van der Waals surface area contributed by atoms with Gasteiger partial charge in [0.25, 0.3) is 11.6 Å². The maximum absolute atomic E-state index is 12.6. The van der Waals surface area contributed by atoms with Crippen LogP contribution in [0.5, 0.6) is 11.5 Å². The topological polar surface area (TPSA) is 120 Å². The number of halogens is 1. The van der Waals surface area contributed by atoms with Gasteiger partial charge in [-0.1, -0.05) is 17.7 Å². The molecule has 0 aliphatic heterocycles. The molecule has 11 heteroatoms. The third kappa shape index (κ3) is 5.45. The van der Waals surface area contributed by atoms with E-state index in [2.05, 4.69) is 10.5 Å². The summed E-state index contributed by atoms with van der Waals surface area (Å²) in [5, 5.41) is 15.7. The van der Waals surface area contributed by atoms with Crippen LogP contribution in [0.25, 0.3) is 10.1 Å². The van der Waals surface area contributed by atoms with Crippen molar-refractivity contribution in [2.45, 2.75) is 0 Å². The van der Waals surface area contributed by atoms with Gasteiger partial charge in [-0.3, -0.25) is 14.9 Å². The first-order chi connectivity index (χ1) is 16.9. The number of nitro groups is 1. The summed E-state index contributed by atoms with van der Waals surface area (Å²) in [6.07, 6.45) is 1.39. The molecule has 0 radical (unpaired) electrons. The molecule has 0 aliphatic carbocycles. The molecule has 1 aromatic heterocycles. The molecule has 0 spiro atoms. The molecule has 9 nitrogen and oxygen atoms in total. The first kappa shape index (κ1) is 23.9. The zero-order valence-corrected chi connectivity index (χ0v) is 19.6. The largest absolute Gasteiger partial charge is 0.497 e. The van der Waals surface area contributed by atoms with Gasteiger partial charge in [-0.05, 0) is 54.1 Å². The number of hydrogen-bond donors (Lipinski definition) is 1. The first-order valence-electron chi connectivity index (χ1n) is 10.0. The Bertz CT molecular complexity index is 1470. The maximum atomic E-state index is 12.6. The summed E-state index contributed by atoms with van der Waals surface area (Å²) in [5.41, 5.74) is 2.85. The van der Waals surface area contributed by atoms with E-state index in [0.29, 0.717) is 22.1 Å². The molecule has 1 N–H and O–H groups in total. The lowest BCUT2D eigenvalue weighted by Crippen LogP contribution is -2.17. The highest BCUT2D eigenvalue weighted by atomic mass is 35.5. The van der Waals surface area contributed by atoms with Crippen LogP contribution >= 0.6 is 22.9 Å². The number of hydrogen-bond acceptors (Lipinski definition) is 8. The zero-order chi connectivity index (χ0) is 24.9. The van der Waals surface area contributed by atoms with Crippen LogP contribution in [0, 0.1) is 10.1 Å². The predicted molar refractivity (Wildman–Crippen MR) is 133 cm³/mol.